The molecule has 1 atom stereocenters. The molecule has 1 aliphatic heterocycles. The maximum absolute atomic E-state index is 6.63. The van der Waals surface area contributed by atoms with Gasteiger partial charge in [-0.2, -0.15) is 0 Å². The number of hydrogen-bond acceptors (Lipinski definition) is 6. The van der Waals surface area contributed by atoms with Crippen molar-refractivity contribution >= 4 is 129 Å². The smallest absolute Gasteiger partial charge is 0.160 e. The summed E-state index contributed by atoms with van der Waals surface area (Å²) in [5, 5.41) is 15.7. The van der Waals surface area contributed by atoms with E-state index in [1.54, 1.807) is 0 Å². The van der Waals surface area contributed by atoms with Gasteiger partial charge < -0.3 is 14.3 Å². The molecule has 0 spiro atoms. The molecule has 0 bridgehead atoms. The van der Waals surface area contributed by atoms with Gasteiger partial charge in [-0.3, -0.25) is 0 Å². The Morgan fingerprint density at radius 3 is 1.88 bits per heavy atom. The van der Waals surface area contributed by atoms with Crippen molar-refractivity contribution in [2.24, 2.45) is 9.98 Å². The molecule has 5 nitrogen and oxygen atoms in total. The highest BCUT2D eigenvalue weighted by Crippen LogP contribution is 2.45. The van der Waals surface area contributed by atoms with E-state index in [9.17, 15) is 0 Å². The molecule has 0 saturated carbocycles. The second-order valence-corrected chi connectivity index (χ2v) is 21.3. The second-order valence-electron chi connectivity index (χ2n) is 19.2. The standard InChI is InChI=1S/C67H40N4OS2/c1-2-16-39(17-3-1)43-23-12-27-53-61(43)52-36-40-18-4-5-19-41(40)37-54(52)71(53)42-34-35-45(51(38-42)44-24-13-29-56-62(44)46-20-6-9-28-55(46)72-56)65-68-66(49-25-14-32-59-63(49)47-21-7-10-30-57(47)73-59)70-67(69-65)50-26-15-33-60-64(50)48-22-8-11-31-58(48)74-60/h1-38,66H,(H,68,69,70). The minimum atomic E-state index is -0.459. The molecule has 346 valence electrons. The molecule has 0 saturated heterocycles. The molecule has 11 aromatic carbocycles. The van der Waals surface area contributed by atoms with Gasteiger partial charge in [0.2, 0.25) is 0 Å². The van der Waals surface area contributed by atoms with Gasteiger partial charge in [-0.15, -0.1) is 22.7 Å². The molecule has 1 aliphatic rings. The minimum Gasteiger partial charge on any atom is -0.456 e. The Hall–Kier alpha value is -9.14. The summed E-state index contributed by atoms with van der Waals surface area (Å²) in [7, 11) is 0. The molecule has 5 heterocycles. The predicted octanol–water partition coefficient (Wildman–Crippen LogP) is 18.4. The van der Waals surface area contributed by atoms with Crippen molar-refractivity contribution in [3.8, 4) is 27.9 Å². The van der Waals surface area contributed by atoms with Gasteiger partial charge >= 0.3 is 0 Å². The van der Waals surface area contributed by atoms with Gasteiger partial charge in [-0.1, -0.05) is 158 Å². The van der Waals surface area contributed by atoms with Gasteiger partial charge in [-0.05, 0) is 106 Å². The third kappa shape index (κ3) is 6.27. The fourth-order valence-corrected chi connectivity index (χ4v) is 14.1. The zero-order valence-corrected chi connectivity index (χ0v) is 41.2. The molecule has 1 N–H and O–H groups in total. The van der Waals surface area contributed by atoms with Gasteiger partial charge in [0.1, 0.15) is 23.2 Å². The van der Waals surface area contributed by atoms with E-state index >= 15 is 0 Å². The van der Waals surface area contributed by atoms with Crippen LogP contribution in [0.3, 0.4) is 0 Å². The summed E-state index contributed by atoms with van der Waals surface area (Å²) in [5.74, 6) is 1.44. The lowest BCUT2D eigenvalue weighted by Gasteiger charge is -2.26. The van der Waals surface area contributed by atoms with Crippen LogP contribution < -0.4 is 5.32 Å². The van der Waals surface area contributed by atoms with Gasteiger partial charge in [0.05, 0.1) is 11.0 Å². The topological polar surface area (TPSA) is 54.8 Å². The summed E-state index contributed by atoms with van der Waals surface area (Å²) in [6, 6.07) is 83.3. The van der Waals surface area contributed by atoms with Crippen LogP contribution >= 0.6 is 22.7 Å². The fraction of sp³-hybridized carbons (Fsp3) is 0.0149. The Bertz CT molecular complexity index is 4900. The Balaban J connectivity index is 1.000. The van der Waals surface area contributed by atoms with Crippen molar-refractivity contribution in [1.29, 1.82) is 0 Å². The highest BCUT2D eigenvalue weighted by molar-refractivity contribution is 7.26. The molecule has 0 fully saturated rings. The van der Waals surface area contributed by atoms with Crippen LogP contribution in [0.25, 0.3) is 123 Å². The largest absolute Gasteiger partial charge is 0.456 e. The van der Waals surface area contributed by atoms with Crippen LogP contribution in [-0.4, -0.2) is 16.2 Å². The number of rotatable bonds is 6. The average molecular weight is 981 g/mol. The van der Waals surface area contributed by atoms with Crippen LogP contribution in [0.2, 0.25) is 0 Å². The van der Waals surface area contributed by atoms with Crippen LogP contribution in [0, 0.1) is 0 Å². The van der Waals surface area contributed by atoms with E-state index in [-0.39, 0.29) is 0 Å². The SMILES string of the molecule is c1ccc(-c2cccc3c2c2cc4ccccc4cc2n3-c2ccc(C3=NC(c4cccc5sc6ccccc6c45)NC(c4cccc5sc6ccccc6c45)=N3)c(-c3cccc4oc5ccccc5c34)c2)cc1. The van der Waals surface area contributed by atoms with Gasteiger partial charge in [0.25, 0.3) is 0 Å². The molecule has 7 heteroatoms. The predicted molar refractivity (Wildman–Crippen MR) is 314 cm³/mol. The molecule has 74 heavy (non-hydrogen) atoms. The van der Waals surface area contributed by atoms with E-state index in [1.807, 2.05) is 28.7 Å². The molecule has 4 aromatic heterocycles. The summed E-state index contributed by atoms with van der Waals surface area (Å²) in [6.07, 6.45) is -0.459. The first-order chi connectivity index (χ1) is 36.7. The van der Waals surface area contributed by atoms with E-state index in [2.05, 4.69) is 234 Å². The van der Waals surface area contributed by atoms with Crippen molar-refractivity contribution in [1.82, 2.24) is 9.88 Å². The van der Waals surface area contributed by atoms with Crippen molar-refractivity contribution in [3.63, 3.8) is 0 Å². The summed E-state index contributed by atoms with van der Waals surface area (Å²) in [5.41, 5.74) is 12.5. The van der Waals surface area contributed by atoms with E-state index in [0.717, 1.165) is 72.3 Å². The lowest BCUT2D eigenvalue weighted by atomic mass is 9.93. The maximum atomic E-state index is 6.63. The van der Waals surface area contributed by atoms with E-state index in [0.29, 0.717) is 5.84 Å². The van der Waals surface area contributed by atoms with E-state index < -0.39 is 6.17 Å². The summed E-state index contributed by atoms with van der Waals surface area (Å²) < 4.78 is 14.0. The molecular formula is C67H40N4OS2. The van der Waals surface area contributed by atoms with Crippen LogP contribution in [0.1, 0.15) is 22.9 Å². The zero-order chi connectivity index (χ0) is 48.4. The van der Waals surface area contributed by atoms with Crippen LogP contribution in [0.15, 0.2) is 245 Å². The Morgan fingerprint density at radius 2 is 1.04 bits per heavy atom. The number of thiophene rings is 2. The Morgan fingerprint density at radius 1 is 0.405 bits per heavy atom. The summed E-state index contributed by atoms with van der Waals surface area (Å²) >= 11 is 3.65. The molecule has 0 amide bonds. The first kappa shape index (κ1) is 41.5. The van der Waals surface area contributed by atoms with Crippen molar-refractivity contribution in [3.05, 3.63) is 247 Å². The molecule has 16 rings (SSSR count). The first-order valence-electron chi connectivity index (χ1n) is 25.0. The van der Waals surface area contributed by atoms with Crippen LogP contribution in [0.4, 0.5) is 0 Å². The number of hydrogen-bond donors (Lipinski definition) is 1. The lowest BCUT2D eigenvalue weighted by molar-refractivity contribution is 0.669. The van der Waals surface area contributed by atoms with Crippen molar-refractivity contribution in [2.45, 2.75) is 6.17 Å². The summed E-state index contributed by atoms with van der Waals surface area (Å²) in [6.45, 7) is 0. The van der Waals surface area contributed by atoms with E-state index in [4.69, 9.17) is 14.4 Å². The van der Waals surface area contributed by atoms with Crippen LogP contribution in [-0.2, 0) is 0 Å². The number of nitrogens with one attached hydrogen (secondary N) is 1. The average Bonchev–Trinajstić information content (AvgIpc) is 4.24. The number of aromatic nitrogens is 1. The third-order valence-electron chi connectivity index (χ3n) is 15.1. The van der Waals surface area contributed by atoms with Gasteiger partial charge in [0, 0.05) is 84.3 Å². The number of nitrogens with zero attached hydrogens (tertiary/aromatic N) is 3. The number of amidine groups is 2. The molecule has 1 unspecified atom stereocenters. The highest BCUT2D eigenvalue weighted by Gasteiger charge is 2.28. The summed E-state index contributed by atoms with van der Waals surface area (Å²) in [4.78, 5) is 11.4. The lowest BCUT2D eigenvalue weighted by Crippen LogP contribution is -2.34. The maximum Gasteiger partial charge on any atom is 0.160 e. The van der Waals surface area contributed by atoms with Gasteiger partial charge in [-0.25, -0.2) is 9.98 Å². The number of benzene rings is 11. The van der Waals surface area contributed by atoms with Crippen molar-refractivity contribution in [2.75, 3.05) is 0 Å². The Kier molecular flexibility index (Phi) is 9.07. The third-order valence-corrected chi connectivity index (χ3v) is 17.3. The van der Waals surface area contributed by atoms with Crippen LogP contribution in [0.5, 0.6) is 0 Å². The normalized spacial score (nSPS) is 14.1. The molecule has 0 radical (unpaired) electrons. The molecule has 15 aromatic rings. The first-order valence-corrected chi connectivity index (χ1v) is 26.6. The monoisotopic (exact) mass is 980 g/mol. The Labute approximate surface area is 432 Å². The zero-order valence-electron chi connectivity index (χ0n) is 39.6. The second kappa shape index (κ2) is 16.2. The molecule has 0 aliphatic carbocycles. The number of fused-ring (bicyclic) bond motifs is 13. The van der Waals surface area contributed by atoms with Gasteiger partial charge in [0.15, 0.2) is 5.84 Å². The number of para-hydroxylation sites is 1. The number of aliphatic imine (C=N–C) groups is 2. The van der Waals surface area contributed by atoms with E-state index in [1.165, 1.54) is 73.0 Å². The highest BCUT2D eigenvalue weighted by atomic mass is 32.1. The van der Waals surface area contributed by atoms with Crippen molar-refractivity contribution < 1.29 is 4.42 Å². The fourth-order valence-electron chi connectivity index (χ4n) is 11.8. The molecular weight excluding hydrogens is 941 g/mol. The quantitative estimate of drug-likeness (QED) is 0.180. The minimum absolute atomic E-state index is 0.459. The number of furan rings is 1.